The zero-order chi connectivity index (χ0) is 35.5. The Labute approximate surface area is 301 Å². The lowest BCUT2D eigenvalue weighted by molar-refractivity contribution is -0.0118. The maximum absolute atomic E-state index is 14.0. The van der Waals surface area contributed by atoms with Crippen molar-refractivity contribution in [3.63, 3.8) is 0 Å². The standard InChI is InChI=1S/C38H42ClN5O7/c39-11-3-1-2-4-13-49-15-16-50-14-12-41-37(48)24-5-8-29-32(17-24)38(36(42-40)35(29)47)30-9-6-25(43-20-27(45)21-43)18-33(30)51-34-19-26(7-10-31(34)38)44-22-28(46)23-44/h5-10,17-19,27-28,45-46H,1-4,11-16,20-23H2,(H,41,48). The first kappa shape index (κ1) is 35.1. The Hall–Kier alpha value is -4.29. The van der Waals surface area contributed by atoms with Crippen LogP contribution in [0.3, 0.4) is 0 Å². The highest BCUT2D eigenvalue weighted by molar-refractivity contribution is 6.52. The van der Waals surface area contributed by atoms with Gasteiger partial charge in [-0.1, -0.05) is 25.0 Å². The summed E-state index contributed by atoms with van der Waals surface area (Å²) in [5.74, 6) is 0.834. The first-order chi connectivity index (χ1) is 24.8. The number of Topliss-reactive ketones (excluding diaryl/α,β-unsaturated/α-hetero) is 1. The molecule has 3 aromatic carbocycles. The fourth-order valence-corrected chi connectivity index (χ4v) is 7.59. The summed E-state index contributed by atoms with van der Waals surface area (Å²) in [7, 11) is 0. The van der Waals surface area contributed by atoms with E-state index in [0.29, 0.717) is 97.8 Å². The summed E-state index contributed by atoms with van der Waals surface area (Å²) in [4.78, 5) is 35.1. The third-order valence-electron chi connectivity index (χ3n) is 10.1. The number of rotatable bonds is 15. The van der Waals surface area contributed by atoms with Crippen LogP contribution in [0.25, 0.3) is 5.53 Å². The molecule has 0 aromatic heterocycles. The van der Waals surface area contributed by atoms with Crippen LogP contribution in [0.15, 0.2) is 54.6 Å². The average Bonchev–Trinajstić information content (AvgIpc) is 3.35. The molecular weight excluding hydrogens is 674 g/mol. The molecule has 3 aromatic rings. The van der Waals surface area contributed by atoms with Crippen molar-refractivity contribution in [1.82, 2.24) is 5.32 Å². The van der Waals surface area contributed by atoms with Crippen LogP contribution >= 0.6 is 11.6 Å². The summed E-state index contributed by atoms with van der Waals surface area (Å²) < 4.78 is 17.8. The summed E-state index contributed by atoms with van der Waals surface area (Å²) >= 11 is 5.71. The molecule has 0 unspecified atom stereocenters. The number of β-amino-alcohol motifs (C(OH)–C–C–N with tert-alkyl or cyclic N) is 2. The molecule has 1 aliphatic carbocycles. The van der Waals surface area contributed by atoms with Gasteiger partial charge in [0.25, 0.3) is 11.7 Å². The number of nitrogens with one attached hydrogen (secondary N) is 1. The molecule has 0 radical (unpaired) electrons. The van der Waals surface area contributed by atoms with E-state index in [-0.39, 0.29) is 18.2 Å². The van der Waals surface area contributed by atoms with Gasteiger partial charge in [-0.2, -0.15) is 4.79 Å². The smallest absolute Gasteiger partial charge is 0.358 e. The Bertz CT molecular complexity index is 1780. The van der Waals surface area contributed by atoms with Crippen molar-refractivity contribution in [3.8, 4) is 11.5 Å². The third-order valence-corrected chi connectivity index (χ3v) is 10.4. The molecule has 2 fully saturated rings. The second-order valence-corrected chi connectivity index (χ2v) is 13.8. The van der Waals surface area contributed by atoms with Crippen LogP contribution in [-0.4, -0.2) is 110 Å². The second-order valence-electron chi connectivity index (χ2n) is 13.5. The lowest BCUT2D eigenvalue weighted by atomic mass is 9.67. The SMILES string of the molecule is [N-]=[N+]=C1C(=O)c2ccc(C(=O)NCCOCCOCCCCCCCl)cc2C12c1ccc(N3CC(O)C3)cc1Oc1cc(N3CC(O)C3)ccc12. The van der Waals surface area contributed by atoms with Gasteiger partial charge in [-0.25, -0.2) is 0 Å². The molecule has 3 aliphatic heterocycles. The maximum atomic E-state index is 14.0. The van der Waals surface area contributed by atoms with Crippen molar-refractivity contribution in [2.75, 3.05) is 74.8 Å². The molecule has 7 rings (SSSR count). The number of anilines is 2. The maximum Gasteiger partial charge on any atom is 0.358 e. The van der Waals surface area contributed by atoms with Crippen LogP contribution < -0.4 is 19.9 Å². The van der Waals surface area contributed by atoms with Gasteiger partial charge in [-0.05, 0) is 48.7 Å². The molecule has 12 nitrogen and oxygen atoms in total. The number of benzene rings is 3. The number of nitrogens with zero attached hydrogens (tertiary/aromatic N) is 4. The third kappa shape index (κ3) is 6.64. The van der Waals surface area contributed by atoms with Gasteiger partial charge >= 0.3 is 5.71 Å². The number of halogens is 1. The number of unbranched alkanes of at least 4 members (excludes halogenated alkanes) is 3. The van der Waals surface area contributed by atoms with E-state index in [1.807, 2.05) is 46.2 Å². The number of alkyl halides is 1. The van der Waals surface area contributed by atoms with Gasteiger partial charge in [0.05, 0.1) is 32.0 Å². The number of ketones is 1. The van der Waals surface area contributed by atoms with E-state index >= 15 is 0 Å². The number of carbonyl (C=O) groups excluding carboxylic acids is 2. The Morgan fingerprint density at radius 1 is 0.843 bits per heavy atom. The van der Waals surface area contributed by atoms with Gasteiger partial charge in [0.2, 0.25) is 0 Å². The van der Waals surface area contributed by atoms with E-state index in [2.05, 4.69) is 10.1 Å². The van der Waals surface area contributed by atoms with E-state index < -0.39 is 23.4 Å². The summed E-state index contributed by atoms with van der Waals surface area (Å²) in [6.45, 7) is 4.12. The van der Waals surface area contributed by atoms with Crippen molar-refractivity contribution in [3.05, 3.63) is 87.9 Å². The molecule has 2 saturated heterocycles. The van der Waals surface area contributed by atoms with E-state index in [1.54, 1.807) is 18.2 Å². The molecule has 0 saturated carbocycles. The average molecular weight is 716 g/mol. The van der Waals surface area contributed by atoms with Gasteiger partial charge in [-0.3, -0.25) is 9.59 Å². The first-order valence-corrected chi connectivity index (χ1v) is 18.1. The molecule has 3 heterocycles. The quantitative estimate of drug-likeness (QED) is 0.0919. The Morgan fingerprint density at radius 3 is 2.04 bits per heavy atom. The summed E-state index contributed by atoms with van der Waals surface area (Å²) in [5, 5.41) is 22.8. The van der Waals surface area contributed by atoms with Gasteiger partial charge < -0.3 is 45.1 Å². The number of carbonyl (C=O) groups is 2. The molecular formula is C38H42ClN5O7. The number of hydrogen-bond acceptors (Lipinski definition) is 9. The predicted octanol–water partition coefficient (Wildman–Crippen LogP) is 3.92. The summed E-state index contributed by atoms with van der Waals surface area (Å²) in [6.07, 6.45) is 3.39. The number of ether oxygens (including phenoxy) is 3. The lowest BCUT2D eigenvalue weighted by Crippen LogP contribution is -2.51. The second kappa shape index (κ2) is 15.1. The number of hydrogen-bond donors (Lipinski definition) is 3. The highest BCUT2D eigenvalue weighted by Gasteiger charge is 2.62. The minimum Gasteiger partial charge on any atom is -0.457 e. The van der Waals surface area contributed by atoms with Crippen LogP contribution in [0.1, 0.15) is 63.1 Å². The normalized spacial score (nSPS) is 17.3. The van der Waals surface area contributed by atoms with Gasteiger partial charge in [-0.15, -0.1) is 11.6 Å². The number of fused-ring (bicyclic) bond motifs is 6. The van der Waals surface area contributed by atoms with Crippen molar-refractivity contribution in [1.29, 1.82) is 0 Å². The van der Waals surface area contributed by atoms with E-state index in [1.165, 1.54) is 0 Å². The molecule has 3 N–H and O–H groups in total. The fourth-order valence-electron chi connectivity index (χ4n) is 7.40. The van der Waals surface area contributed by atoms with E-state index in [9.17, 15) is 25.3 Å². The van der Waals surface area contributed by atoms with Crippen LogP contribution in [0.4, 0.5) is 11.4 Å². The predicted molar refractivity (Wildman–Crippen MR) is 192 cm³/mol. The van der Waals surface area contributed by atoms with Crippen molar-refractivity contribution < 1.29 is 38.8 Å². The molecule has 1 amide bonds. The molecule has 0 bridgehead atoms. The molecule has 13 heteroatoms. The molecule has 268 valence electrons. The van der Waals surface area contributed by atoms with Crippen LogP contribution in [0.2, 0.25) is 0 Å². The largest absolute Gasteiger partial charge is 0.457 e. The molecule has 0 atom stereocenters. The zero-order valence-corrected chi connectivity index (χ0v) is 29.1. The summed E-state index contributed by atoms with van der Waals surface area (Å²) in [5.41, 5.74) is 13.1. The molecule has 51 heavy (non-hydrogen) atoms. The topological polar surface area (TPSA) is 157 Å². The van der Waals surface area contributed by atoms with Crippen molar-refractivity contribution in [2.45, 2.75) is 43.3 Å². The molecule has 1 spiro atoms. The fraction of sp³-hybridized carbons (Fsp3) is 0.447. The first-order valence-electron chi connectivity index (χ1n) is 17.6. The van der Waals surface area contributed by atoms with E-state index in [4.69, 9.17) is 25.8 Å². The minimum absolute atomic E-state index is 0.0917. The number of aliphatic hydroxyl groups excluding tert-OH is 2. The summed E-state index contributed by atoms with van der Waals surface area (Å²) in [6, 6.07) is 16.2. The Kier molecular flexibility index (Phi) is 10.4. The monoisotopic (exact) mass is 715 g/mol. The van der Waals surface area contributed by atoms with Crippen molar-refractivity contribution >= 4 is 40.4 Å². The van der Waals surface area contributed by atoms with Gasteiger partial charge in [0, 0.05) is 91.0 Å². The lowest BCUT2D eigenvalue weighted by Gasteiger charge is -2.41. The Balaban J connectivity index is 1.14. The Morgan fingerprint density at radius 2 is 1.45 bits per heavy atom. The number of amides is 1. The molecule has 4 aliphatic rings. The van der Waals surface area contributed by atoms with Crippen LogP contribution in [-0.2, 0) is 14.9 Å². The zero-order valence-electron chi connectivity index (χ0n) is 28.4. The highest BCUT2D eigenvalue weighted by atomic mass is 35.5. The van der Waals surface area contributed by atoms with Crippen LogP contribution in [0, 0.1) is 0 Å². The van der Waals surface area contributed by atoms with Gasteiger partial charge in [0.1, 0.15) is 11.5 Å². The highest BCUT2D eigenvalue weighted by Crippen LogP contribution is 2.57. The van der Waals surface area contributed by atoms with Crippen LogP contribution in [0.5, 0.6) is 11.5 Å². The minimum atomic E-state index is -1.38. The van der Waals surface area contributed by atoms with Crippen molar-refractivity contribution in [2.24, 2.45) is 0 Å². The number of aliphatic hydroxyl groups is 2. The van der Waals surface area contributed by atoms with Gasteiger partial charge in [0.15, 0.2) is 5.41 Å². The van der Waals surface area contributed by atoms with E-state index in [0.717, 1.165) is 37.1 Å².